The maximum Gasteiger partial charge on any atom is 0.0200 e. The Morgan fingerprint density at radius 1 is 1.50 bits per heavy atom. The minimum atomic E-state index is 0.0265. The molecule has 2 unspecified atom stereocenters. The number of nitrogens with zero attached hydrogens (tertiary/aromatic N) is 1. The molecule has 2 nitrogen and oxygen atoms in total. The predicted molar refractivity (Wildman–Crippen MR) is 67.6 cm³/mol. The molecule has 0 spiro atoms. The molecule has 0 aliphatic rings. The summed E-state index contributed by atoms with van der Waals surface area (Å²) in [5.74, 6) is 0.315. The summed E-state index contributed by atoms with van der Waals surface area (Å²) >= 11 is 4.51. The molecule has 14 heavy (non-hydrogen) atoms. The van der Waals surface area contributed by atoms with E-state index in [2.05, 4.69) is 58.9 Å². The fourth-order valence-corrected chi connectivity index (χ4v) is 1.67. The topological polar surface area (TPSA) is 29.3 Å². The molecule has 3 heteroatoms. The highest BCUT2D eigenvalue weighted by atomic mass is 32.1. The molecule has 0 heterocycles. The first kappa shape index (κ1) is 13.8. The number of hydrogen-bond donors (Lipinski definition) is 2. The third kappa shape index (κ3) is 4.91. The Morgan fingerprint density at radius 2 is 1.93 bits per heavy atom. The van der Waals surface area contributed by atoms with E-state index in [1.807, 2.05) is 0 Å². The Balaban J connectivity index is 4.25. The predicted octanol–water partition coefficient (Wildman–Crippen LogP) is 2.12. The summed E-state index contributed by atoms with van der Waals surface area (Å²) in [6, 6.07) is 0.402. The van der Waals surface area contributed by atoms with Crippen LogP contribution in [-0.4, -0.2) is 29.3 Å². The molecule has 0 aromatic rings. The van der Waals surface area contributed by atoms with Crippen molar-refractivity contribution in [1.82, 2.24) is 4.90 Å². The lowest BCUT2D eigenvalue weighted by Gasteiger charge is -2.34. The van der Waals surface area contributed by atoms with Gasteiger partial charge >= 0.3 is 0 Å². The summed E-state index contributed by atoms with van der Waals surface area (Å²) in [5, 5.41) is 0. The van der Waals surface area contributed by atoms with E-state index in [4.69, 9.17) is 5.73 Å². The quantitative estimate of drug-likeness (QED) is 0.689. The number of hydrogen-bond acceptors (Lipinski definition) is 3. The lowest BCUT2D eigenvalue weighted by molar-refractivity contribution is 0.203. The molecule has 0 fully saturated rings. The van der Waals surface area contributed by atoms with E-state index in [-0.39, 0.29) is 4.75 Å². The third-order valence-electron chi connectivity index (χ3n) is 2.64. The molecule has 0 saturated heterocycles. The van der Waals surface area contributed by atoms with Crippen molar-refractivity contribution in [2.75, 3.05) is 13.6 Å². The van der Waals surface area contributed by atoms with Gasteiger partial charge in [0.2, 0.25) is 0 Å². The molecule has 0 saturated carbocycles. The Bertz CT molecular complexity index is 196. The first-order valence-corrected chi connectivity index (χ1v) is 5.46. The van der Waals surface area contributed by atoms with Crippen molar-refractivity contribution in [3.8, 4) is 0 Å². The molecule has 0 aliphatic carbocycles. The molecule has 0 aromatic carbocycles. The first-order valence-electron chi connectivity index (χ1n) is 5.02. The van der Waals surface area contributed by atoms with E-state index >= 15 is 0 Å². The molecule has 2 N–H and O–H groups in total. The fraction of sp³-hybridized carbons (Fsp3) is 0.818. The molecule has 0 rings (SSSR count). The zero-order valence-electron chi connectivity index (χ0n) is 10.0. The van der Waals surface area contributed by atoms with Crippen molar-refractivity contribution < 1.29 is 0 Å². The van der Waals surface area contributed by atoms with E-state index in [9.17, 15) is 0 Å². The van der Waals surface area contributed by atoms with Crippen LogP contribution in [0.25, 0.3) is 0 Å². The Hall–Kier alpha value is -0.150. The minimum absolute atomic E-state index is 0.0265. The van der Waals surface area contributed by atoms with Crippen LogP contribution in [-0.2, 0) is 0 Å². The van der Waals surface area contributed by atoms with Crippen LogP contribution in [0.3, 0.4) is 0 Å². The summed E-state index contributed by atoms with van der Waals surface area (Å²) in [5.41, 5.74) is 6.45. The lowest BCUT2D eigenvalue weighted by atomic mass is 9.99. The van der Waals surface area contributed by atoms with Gasteiger partial charge in [-0.15, -0.1) is 0 Å². The zero-order valence-corrected chi connectivity index (χ0v) is 10.9. The molecular weight excluding hydrogens is 192 g/mol. The van der Waals surface area contributed by atoms with E-state index in [0.29, 0.717) is 12.0 Å². The van der Waals surface area contributed by atoms with Crippen molar-refractivity contribution >= 4 is 12.6 Å². The highest BCUT2D eigenvalue weighted by Crippen LogP contribution is 2.19. The van der Waals surface area contributed by atoms with Gasteiger partial charge in [-0.25, -0.2) is 0 Å². The van der Waals surface area contributed by atoms with Crippen LogP contribution >= 0.6 is 12.6 Å². The number of thiol groups is 1. The van der Waals surface area contributed by atoms with Crippen molar-refractivity contribution in [1.29, 1.82) is 0 Å². The van der Waals surface area contributed by atoms with E-state index in [1.165, 1.54) is 0 Å². The van der Waals surface area contributed by atoms with Crippen LogP contribution in [0.1, 0.15) is 27.7 Å². The van der Waals surface area contributed by atoms with Crippen LogP contribution < -0.4 is 5.73 Å². The standard InChI is InChI=1S/C11H24N2S/c1-8(9(2)12)10(3)13(6)7-11(4,5)14/h8,10,14H,2,7,12H2,1,3-6H3. The molecule has 0 aliphatic heterocycles. The van der Waals surface area contributed by atoms with Crippen molar-refractivity contribution in [3.05, 3.63) is 12.3 Å². The summed E-state index contributed by atoms with van der Waals surface area (Å²) in [6.07, 6.45) is 0. The molecule has 84 valence electrons. The maximum atomic E-state index is 5.70. The average molecular weight is 216 g/mol. The second kappa shape index (κ2) is 5.08. The van der Waals surface area contributed by atoms with E-state index in [0.717, 1.165) is 12.2 Å². The monoisotopic (exact) mass is 216 g/mol. The van der Waals surface area contributed by atoms with Gasteiger partial charge in [-0.1, -0.05) is 13.5 Å². The summed E-state index contributed by atoms with van der Waals surface area (Å²) < 4.78 is 0.0265. The van der Waals surface area contributed by atoms with Crippen LogP contribution in [0.15, 0.2) is 12.3 Å². The van der Waals surface area contributed by atoms with E-state index in [1.54, 1.807) is 0 Å². The SMILES string of the molecule is C=C(N)C(C)C(C)N(C)CC(C)(C)S. The second-order valence-electron chi connectivity index (χ2n) is 4.83. The molecule has 0 radical (unpaired) electrons. The second-order valence-corrected chi connectivity index (χ2v) is 6.04. The summed E-state index contributed by atoms with van der Waals surface area (Å²) in [6.45, 7) is 13.2. The Kier molecular flexibility index (Phi) is 5.02. The van der Waals surface area contributed by atoms with Crippen molar-refractivity contribution in [2.24, 2.45) is 11.7 Å². The van der Waals surface area contributed by atoms with Gasteiger partial charge in [0.05, 0.1) is 0 Å². The Labute approximate surface area is 94.0 Å². The first-order chi connectivity index (χ1) is 6.15. The smallest absolute Gasteiger partial charge is 0.0200 e. The van der Waals surface area contributed by atoms with Gasteiger partial charge in [0.1, 0.15) is 0 Å². The average Bonchev–Trinajstić information content (AvgIpc) is 1.98. The van der Waals surface area contributed by atoms with E-state index < -0.39 is 0 Å². The van der Waals surface area contributed by atoms with Gasteiger partial charge in [0.15, 0.2) is 0 Å². The van der Waals surface area contributed by atoms with Gasteiger partial charge in [-0.2, -0.15) is 12.6 Å². The van der Waals surface area contributed by atoms with Crippen LogP contribution in [0.2, 0.25) is 0 Å². The van der Waals surface area contributed by atoms with Gasteiger partial charge < -0.3 is 10.6 Å². The molecule has 0 aromatic heterocycles. The van der Waals surface area contributed by atoms with Gasteiger partial charge in [-0.05, 0) is 27.8 Å². The normalized spacial score (nSPS) is 16.8. The summed E-state index contributed by atoms with van der Waals surface area (Å²) in [7, 11) is 2.10. The van der Waals surface area contributed by atoms with Gasteiger partial charge in [0.25, 0.3) is 0 Å². The lowest BCUT2D eigenvalue weighted by Crippen LogP contribution is -2.42. The fourth-order valence-electron chi connectivity index (χ4n) is 1.45. The molecular formula is C11H24N2S. The highest BCUT2D eigenvalue weighted by molar-refractivity contribution is 7.81. The summed E-state index contributed by atoms with van der Waals surface area (Å²) in [4.78, 5) is 2.27. The Morgan fingerprint density at radius 3 is 2.21 bits per heavy atom. The van der Waals surface area contributed by atoms with Gasteiger partial charge in [-0.3, -0.25) is 0 Å². The van der Waals surface area contributed by atoms with Crippen LogP contribution in [0.4, 0.5) is 0 Å². The van der Waals surface area contributed by atoms with Crippen molar-refractivity contribution in [2.45, 2.75) is 38.5 Å². The van der Waals surface area contributed by atoms with Crippen LogP contribution in [0.5, 0.6) is 0 Å². The van der Waals surface area contributed by atoms with Crippen molar-refractivity contribution in [3.63, 3.8) is 0 Å². The minimum Gasteiger partial charge on any atom is -0.402 e. The van der Waals surface area contributed by atoms with Gasteiger partial charge in [0, 0.05) is 28.9 Å². The molecule has 0 amide bonds. The molecule has 2 atom stereocenters. The van der Waals surface area contributed by atoms with Crippen LogP contribution in [0, 0.1) is 5.92 Å². The molecule has 0 bridgehead atoms. The number of nitrogens with two attached hydrogens (primary N) is 1. The number of rotatable bonds is 5. The third-order valence-corrected chi connectivity index (χ3v) is 2.78. The zero-order chi connectivity index (χ0) is 11.5. The maximum absolute atomic E-state index is 5.70. The highest BCUT2D eigenvalue weighted by Gasteiger charge is 2.22. The largest absolute Gasteiger partial charge is 0.402 e.